The van der Waals surface area contributed by atoms with Gasteiger partial charge in [0.1, 0.15) is 0 Å². The fourth-order valence-corrected chi connectivity index (χ4v) is 3.60. The average molecular weight is 363 g/mol. The molecule has 1 aromatic rings. The van der Waals surface area contributed by atoms with Crippen LogP contribution < -0.4 is 0 Å². The Hall–Kier alpha value is -2.06. The molecule has 0 radical (unpaired) electrons. The van der Waals surface area contributed by atoms with Gasteiger partial charge in [0.05, 0.1) is 17.2 Å². The van der Waals surface area contributed by atoms with Gasteiger partial charge in [-0.2, -0.15) is 18.4 Å². The molecule has 2 nitrogen and oxygen atoms in total. The zero-order valence-electron chi connectivity index (χ0n) is 14.9. The van der Waals surface area contributed by atoms with Crippen molar-refractivity contribution in [3.63, 3.8) is 0 Å². The van der Waals surface area contributed by atoms with Crippen LogP contribution in [-0.2, 0) is 10.9 Å². The third kappa shape index (κ3) is 5.47. The molecule has 26 heavy (non-hydrogen) atoms. The van der Waals surface area contributed by atoms with Gasteiger partial charge in [-0.05, 0) is 62.1 Å². The van der Waals surface area contributed by atoms with Crippen molar-refractivity contribution < 1.29 is 17.9 Å². The normalized spacial score (nSPS) is 24.2. The van der Waals surface area contributed by atoms with Crippen molar-refractivity contribution in [1.29, 1.82) is 5.26 Å². The van der Waals surface area contributed by atoms with E-state index in [-0.39, 0.29) is 11.5 Å². The zero-order chi connectivity index (χ0) is 19.0. The van der Waals surface area contributed by atoms with E-state index in [1.54, 1.807) is 25.3 Å². The lowest BCUT2D eigenvalue weighted by molar-refractivity contribution is -0.137. The van der Waals surface area contributed by atoms with E-state index in [2.05, 4.69) is 0 Å². The summed E-state index contributed by atoms with van der Waals surface area (Å²) < 4.78 is 43.9. The average Bonchev–Trinajstić information content (AvgIpc) is 2.64. The van der Waals surface area contributed by atoms with Crippen LogP contribution >= 0.6 is 0 Å². The van der Waals surface area contributed by atoms with E-state index in [1.807, 2.05) is 18.2 Å². The lowest BCUT2D eigenvalue weighted by Crippen LogP contribution is -2.35. The van der Waals surface area contributed by atoms with Crippen LogP contribution in [0.2, 0.25) is 0 Å². The molecule has 140 valence electrons. The topological polar surface area (TPSA) is 33.0 Å². The quantitative estimate of drug-likeness (QED) is 0.448. The van der Waals surface area contributed by atoms with Crippen molar-refractivity contribution in [2.24, 2.45) is 0 Å². The molecule has 1 aliphatic rings. The first kappa shape index (κ1) is 20.3. The number of rotatable bonds is 6. The van der Waals surface area contributed by atoms with E-state index in [0.717, 1.165) is 44.1 Å². The Balaban J connectivity index is 1.91. The first-order valence-corrected chi connectivity index (χ1v) is 8.84. The Morgan fingerprint density at radius 3 is 2.38 bits per heavy atom. The summed E-state index contributed by atoms with van der Waals surface area (Å²) in [4.78, 5) is 0. The number of allylic oxidation sites excluding steroid dienone is 4. The van der Waals surface area contributed by atoms with E-state index in [4.69, 9.17) is 10.00 Å². The lowest BCUT2D eigenvalue weighted by atomic mass is 9.74. The van der Waals surface area contributed by atoms with Crippen molar-refractivity contribution in [1.82, 2.24) is 0 Å². The van der Waals surface area contributed by atoms with Gasteiger partial charge >= 0.3 is 6.18 Å². The van der Waals surface area contributed by atoms with Gasteiger partial charge in [0, 0.05) is 13.2 Å². The highest BCUT2D eigenvalue weighted by Crippen LogP contribution is 2.42. The zero-order valence-corrected chi connectivity index (χ0v) is 14.9. The second kappa shape index (κ2) is 9.05. The van der Waals surface area contributed by atoms with Crippen LogP contribution in [0.1, 0.15) is 55.6 Å². The highest BCUT2D eigenvalue weighted by Gasteiger charge is 2.35. The first-order valence-electron chi connectivity index (χ1n) is 8.84. The van der Waals surface area contributed by atoms with E-state index in [9.17, 15) is 13.2 Å². The standard InChI is InChI=1S/C21H24F3NO/c1-26-20(13-5-3-2-4-6-16-25)14-11-18(12-15-20)17-7-9-19(10-8-17)21(22,23)24/h2-4,6-10,18H,5,11-15H2,1H3. The fraction of sp³-hybridized carbons (Fsp3) is 0.476. The molecular formula is C21H24F3NO. The molecule has 0 aromatic heterocycles. The molecule has 0 saturated heterocycles. The Morgan fingerprint density at radius 2 is 1.85 bits per heavy atom. The minimum atomic E-state index is -4.29. The van der Waals surface area contributed by atoms with Gasteiger partial charge in [-0.25, -0.2) is 0 Å². The third-order valence-electron chi connectivity index (χ3n) is 5.22. The summed E-state index contributed by atoms with van der Waals surface area (Å²) in [7, 11) is 1.73. The largest absolute Gasteiger partial charge is 0.416 e. The van der Waals surface area contributed by atoms with Gasteiger partial charge in [-0.1, -0.05) is 30.4 Å². The number of ether oxygens (including phenoxy) is 1. The summed E-state index contributed by atoms with van der Waals surface area (Å²) in [6, 6.07) is 7.50. The molecule has 2 rings (SSSR count). The minimum Gasteiger partial charge on any atom is -0.378 e. The van der Waals surface area contributed by atoms with Crippen LogP contribution in [0.25, 0.3) is 0 Å². The van der Waals surface area contributed by atoms with Crippen molar-refractivity contribution in [3.8, 4) is 6.07 Å². The minimum absolute atomic E-state index is 0.161. The van der Waals surface area contributed by atoms with Gasteiger partial charge in [0.25, 0.3) is 0 Å². The predicted octanol–water partition coefficient (Wildman–Crippen LogP) is 6.16. The molecule has 1 fully saturated rings. The summed E-state index contributed by atoms with van der Waals surface area (Å²) in [6.45, 7) is 0. The molecule has 1 aliphatic carbocycles. The second-order valence-corrected chi connectivity index (χ2v) is 6.74. The van der Waals surface area contributed by atoms with Crippen LogP contribution in [0.15, 0.2) is 48.6 Å². The SMILES string of the molecule is COC1(CCC=CC=CC#N)CCC(c2ccc(C(F)(F)F)cc2)CC1. The molecule has 0 aliphatic heterocycles. The van der Waals surface area contributed by atoms with Crippen molar-refractivity contribution >= 4 is 0 Å². The monoisotopic (exact) mass is 363 g/mol. The van der Waals surface area contributed by atoms with Crippen molar-refractivity contribution in [2.75, 3.05) is 7.11 Å². The number of methoxy groups -OCH3 is 1. The molecule has 0 atom stereocenters. The predicted molar refractivity (Wildman–Crippen MR) is 95.5 cm³/mol. The molecule has 0 N–H and O–H groups in total. The summed E-state index contributed by atoms with van der Waals surface area (Å²) in [6.07, 6.45) is 8.14. The Kier molecular flexibility index (Phi) is 7.05. The highest BCUT2D eigenvalue weighted by atomic mass is 19.4. The van der Waals surface area contributed by atoms with Crippen LogP contribution in [-0.4, -0.2) is 12.7 Å². The number of hydrogen-bond donors (Lipinski definition) is 0. The van der Waals surface area contributed by atoms with Gasteiger partial charge in [0.2, 0.25) is 0 Å². The summed E-state index contributed by atoms with van der Waals surface area (Å²) in [5, 5.41) is 8.43. The number of hydrogen-bond acceptors (Lipinski definition) is 2. The van der Waals surface area contributed by atoms with E-state index in [0.29, 0.717) is 0 Å². The maximum Gasteiger partial charge on any atom is 0.416 e. The van der Waals surface area contributed by atoms with E-state index < -0.39 is 11.7 Å². The molecule has 0 unspecified atom stereocenters. The molecular weight excluding hydrogens is 339 g/mol. The lowest BCUT2D eigenvalue weighted by Gasteiger charge is -2.39. The highest BCUT2D eigenvalue weighted by molar-refractivity contribution is 5.27. The van der Waals surface area contributed by atoms with Crippen LogP contribution in [0.4, 0.5) is 13.2 Å². The van der Waals surface area contributed by atoms with Gasteiger partial charge < -0.3 is 4.74 Å². The maximum absolute atomic E-state index is 12.7. The van der Waals surface area contributed by atoms with Crippen LogP contribution in [0, 0.1) is 11.3 Å². The van der Waals surface area contributed by atoms with Crippen molar-refractivity contribution in [3.05, 3.63) is 59.7 Å². The molecule has 0 amide bonds. The third-order valence-corrected chi connectivity index (χ3v) is 5.22. The maximum atomic E-state index is 12.7. The Morgan fingerprint density at radius 1 is 1.19 bits per heavy atom. The molecule has 0 bridgehead atoms. The number of halogens is 3. The van der Waals surface area contributed by atoms with Crippen LogP contribution in [0.3, 0.4) is 0 Å². The summed E-state index contributed by atoms with van der Waals surface area (Å²) in [5.41, 5.74) is 0.218. The van der Waals surface area contributed by atoms with Gasteiger partial charge in [0.15, 0.2) is 0 Å². The Bertz CT molecular complexity index is 660. The van der Waals surface area contributed by atoms with Gasteiger partial charge in [-0.3, -0.25) is 0 Å². The van der Waals surface area contributed by atoms with Crippen molar-refractivity contribution in [2.45, 2.75) is 56.2 Å². The van der Waals surface area contributed by atoms with Crippen LogP contribution in [0.5, 0.6) is 0 Å². The number of alkyl halides is 3. The number of nitrogens with zero attached hydrogens (tertiary/aromatic N) is 1. The van der Waals surface area contributed by atoms with E-state index in [1.165, 1.54) is 18.2 Å². The smallest absolute Gasteiger partial charge is 0.378 e. The molecule has 1 saturated carbocycles. The fourth-order valence-electron chi connectivity index (χ4n) is 3.60. The molecule has 5 heteroatoms. The second-order valence-electron chi connectivity index (χ2n) is 6.74. The Labute approximate surface area is 153 Å². The number of nitriles is 1. The van der Waals surface area contributed by atoms with E-state index >= 15 is 0 Å². The summed E-state index contributed by atoms with van der Waals surface area (Å²) >= 11 is 0. The molecule has 0 heterocycles. The molecule has 0 spiro atoms. The number of benzene rings is 1. The summed E-state index contributed by atoms with van der Waals surface area (Å²) in [5.74, 6) is 0.287. The molecule has 1 aromatic carbocycles. The first-order chi connectivity index (χ1) is 12.4. The van der Waals surface area contributed by atoms with Gasteiger partial charge in [-0.15, -0.1) is 0 Å².